The number of halogens is 4. The van der Waals surface area contributed by atoms with Crippen LogP contribution in [-0.4, -0.2) is 12.6 Å². The van der Waals surface area contributed by atoms with Gasteiger partial charge in [-0.3, -0.25) is 4.79 Å². The normalized spacial score (nSPS) is 11.2. The first-order valence-corrected chi connectivity index (χ1v) is 6.29. The van der Waals surface area contributed by atoms with Gasteiger partial charge in [-0.1, -0.05) is 34.1 Å². The predicted molar refractivity (Wildman–Crippen MR) is 71.6 cm³/mol. The van der Waals surface area contributed by atoms with Crippen molar-refractivity contribution in [3.8, 4) is 16.9 Å². The van der Waals surface area contributed by atoms with Crippen LogP contribution >= 0.6 is 15.9 Å². The molecule has 2 nitrogen and oxygen atoms in total. The van der Waals surface area contributed by atoms with Gasteiger partial charge in [0.1, 0.15) is 12.0 Å². The summed E-state index contributed by atoms with van der Waals surface area (Å²) in [5.74, 6) is -0.310. The first-order chi connectivity index (χ1) is 9.39. The van der Waals surface area contributed by atoms with Gasteiger partial charge in [-0.15, -0.1) is 13.2 Å². The first-order valence-electron chi connectivity index (χ1n) is 5.50. The van der Waals surface area contributed by atoms with Crippen molar-refractivity contribution in [2.45, 2.75) is 6.36 Å². The fourth-order valence-electron chi connectivity index (χ4n) is 1.75. The number of rotatable bonds is 3. The first kappa shape index (κ1) is 14.6. The van der Waals surface area contributed by atoms with Crippen LogP contribution in [0.25, 0.3) is 11.1 Å². The number of ether oxygens (including phenoxy) is 1. The highest BCUT2D eigenvalue weighted by molar-refractivity contribution is 9.10. The lowest BCUT2D eigenvalue weighted by Crippen LogP contribution is -2.17. The zero-order valence-electron chi connectivity index (χ0n) is 9.95. The highest BCUT2D eigenvalue weighted by Gasteiger charge is 2.32. The summed E-state index contributed by atoms with van der Waals surface area (Å²) in [6, 6.07) is 10.5. The molecule has 0 spiro atoms. The molecule has 0 N–H and O–H groups in total. The number of benzene rings is 2. The van der Waals surface area contributed by atoms with Crippen LogP contribution in [0.1, 0.15) is 10.4 Å². The van der Waals surface area contributed by atoms with Gasteiger partial charge in [-0.25, -0.2) is 0 Å². The van der Waals surface area contributed by atoms with E-state index in [4.69, 9.17) is 0 Å². The van der Waals surface area contributed by atoms with E-state index in [1.807, 2.05) is 0 Å². The minimum atomic E-state index is -4.77. The molecule has 0 atom stereocenters. The fourth-order valence-corrected chi connectivity index (χ4v) is 2.27. The van der Waals surface area contributed by atoms with Gasteiger partial charge in [0.25, 0.3) is 0 Å². The lowest BCUT2D eigenvalue weighted by atomic mass is 10.0. The summed E-state index contributed by atoms with van der Waals surface area (Å²) in [5, 5.41) is 0. The smallest absolute Gasteiger partial charge is 0.405 e. The van der Waals surface area contributed by atoms with Crippen LogP contribution in [0, 0.1) is 0 Å². The Balaban J connectivity index is 2.52. The van der Waals surface area contributed by atoms with Crippen molar-refractivity contribution in [1.29, 1.82) is 0 Å². The second kappa shape index (κ2) is 5.66. The van der Waals surface area contributed by atoms with Gasteiger partial charge in [-0.05, 0) is 29.8 Å². The van der Waals surface area contributed by atoms with Crippen molar-refractivity contribution < 1.29 is 22.7 Å². The molecule has 0 fully saturated rings. The molecule has 0 radical (unpaired) electrons. The molecule has 0 heterocycles. The van der Waals surface area contributed by atoms with E-state index in [2.05, 4.69) is 20.7 Å². The minimum absolute atomic E-state index is 0.259. The van der Waals surface area contributed by atoms with E-state index in [0.29, 0.717) is 21.9 Å². The summed E-state index contributed by atoms with van der Waals surface area (Å²) >= 11 is 3.22. The van der Waals surface area contributed by atoms with Crippen LogP contribution in [0.3, 0.4) is 0 Å². The van der Waals surface area contributed by atoms with Crippen LogP contribution < -0.4 is 4.74 Å². The monoisotopic (exact) mass is 344 g/mol. The maximum atomic E-state index is 12.4. The molecule has 0 saturated heterocycles. The third-order valence-electron chi connectivity index (χ3n) is 2.48. The Morgan fingerprint density at radius 3 is 2.45 bits per heavy atom. The van der Waals surface area contributed by atoms with Crippen molar-refractivity contribution in [2.24, 2.45) is 0 Å². The van der Waals surface area contributed by atoms with Crippen LogP contribution in [0.5, 0.6) is 5.75 Å². The van der Waals surface area contributed by atoms with Gasteiger partial charge in [-0.2, -0.15) is 0 Å². The van der Waals surface area contributed by atoms with Crippen LogP contribution in [0.4, 0.5) is 13.2 Å². The van der Waals surface area contributed by atoms with E-state index >= 15 is 0 Å². The third kappa shape index (κ3) is 3.60. The number of hydrogen-bond acceptors (Lipinski definition) is 2. The summed E-state index contributed by atoms with van der Waals surface area (Å²) in [7, 11) is 0. The zero-order valence-corrected chi connectivity index (χ0v) is 11.5. The molecule has 0 aliphatic carbocycles. The molecule has 0 aliphatic rings. The Labute approximate surface area is 121 Å². The second-order valence-corrected chi connectivity index (χ2v) is 4.85. The van der Waals surface area contributed by atoms with Crippen LogP contribution in [0.15, 0.2) is 46.9 Å². The summed E-state index contributed by atoms with van der Waals surface area (Å²) in [4.78, 5) is 10.8. The molecule has 2 rings (SSSR count). The molecule has 20 heavy (non-hydrogen) atoms. The topological polar surface area (TPSA) is 26.3 Å². The maximum absolute atomic E-state index is 12.4. The average Bonchev–Trinajstić information content (AvgIpc) is 2.36. The minimum Gasteiger partial charge on any atom is -0.405 e. The van der Waals surface area contributed by atoms with Gasteiger partial charge in [0.15, 0.2) is 0 Å². The molecular formula is C14H8BrF3O2. The van der Waals surface area contributed by atoms with Crippen molar-refractivity contribution >= 4 is 22.2 Å². The summed E-state index contributed by atoms with van der Waals surface area (Å²) < 4.78 is 41.7. The summed E-state index contributed by atoms with van der Waals surface area (Å²) in [5.41, 5.74) is 1.08. The molecule has 0 amide bonds. The number of alkyl halides is 3. The summed E-state index contributed by atoms with van der Waals surface area (Å²) in [6.45, 7) is 0. The molecule has 0 unspecified atom stereocenters. The molecular weight excluding hydrogens is 337 g/mol. The lowest BCUT2D eigenvalue weighted by Gasteiger charge is -2.13. The maximum Gasteiger partial charge on any atom is 0.573 e. The molecule has 6 heteroatoms. The quantitative estimate of drug-likeness (QED) is 0.745. The lowest BCUT2D eigenvalue weighted by molar-refractivity contribution is -0.274. The van der Waals surface area contributed by atoms with E-state index in [-0.39, 0.29) is 11.3 Å². The fraction of sp³-hybridized carbons (Fsp3) is 0.0714. The van der Waals surface area contributed by atoms with Crippen molar-refractivity contribution in [3.63, 3.8) is 0 Å². The largest absolute Gasteiger partial charge is 0.573 e. The number of para-hydroxylation sites is 1. The van der Waals surface area contributed by atoms with Gasteiger partial charge >= 0.3 is 6.36 Å². The Bertz CT molecular complexity index is 639. The Hall–Kier alpha value is -1.82. The number of aldehydes is 1. The standard InChI is InChI=1S/C14H8BrF3O2/c15-11-6-9(8-19)5-10(7-11)12-3-1-2-4-13(12)20-14(16,17)18/h1-8H. The Morgan fingerprint density at radius 1 is 1.10 bits per heavy atom. The summed E-state index contributed by atoms with van der Waals surface area (Å²) in [6.07, 6.45) is -4.14. The third-order valence-corrected chi connectivity index (χ3v) is 2.94. The zero-order chi connectivity index (χ0) is 14.8. The molecule has 0 aromatic heterocycles. The highest BCUT2D eigenvalue weighted by Crippen LogP contribution is 2.35. The van der Waals surface area contributed by atoms with E-state index in [9.17, 15) is 18.0 Å². The van der Waals surface area contributed by atoms with Gasteiger partial charge in [0.05, 0.1) is 0 Å². The van der Waals surface area contributed by atoms with E-state index < -0.39 is 6.36 Å². The van der Waals surface area contributed by atoms with Gasteiger partial charge in [0.2, 0.25) is 0 Å². The van der Waals surface area contributed by atoms with Crippen molar-refractivity contribution in [3.05, 3.63) is 52.5 Å². The predicted octanol–water partition coefficient (Wildman–Crippen LogP) is 4.83. The molecule has 2 aromatic rings. The Kier molecular flexibility index (Phi) is 4.13. The van der Waals surface area contributed by atoms with Crippen LogP contribution in [-0.2, 0) is 0 Å². The Morgan fingerprint density at radius 2 is 1.80 bits per heavy atom. The van der Waals surface area contributed by atoms with E-state index in [1.165, 1.54) is 24.3 Å². The average molecular weight is 345 g/mol. The molecule has 0 bridgehead atoms. The van der Waals surface area contributed by atoms with Crippen LogP contribution in [0.2, 0.25) is 0 Å². The molecule has 0 saturated carbocycles. The van der Waals surface area contributed by atoms with Crippen molar-refractivity contribution in [1.82, 2.24) is 0 Å². The molecule has 2 aromatic carbocycles. The second-order valence-electron chi connectivity index (χ2n) is 3.94. The van der Waals surface area contributed by atoms with Gasteiger partial charge < -0.3 is 4.74 Å². The van der Waals surface area contributed by atoms with E-state index in [0.717, 1.165) is 0 Å². The highest BCUT2D eigenvalue weighted by atomic mass is 79.9. The van der Waals surface area contributed by atoms with E-state index in [1.54, 1.807) is 18.2 Å². The molecule has 0 aliphatic heterocycles. The molecule has 104 valence electrons. The number of hydrogen-bond donors (Lipinski definition) is 0. The van der Waals surface area contributed by atoms with Gasteiger partial charge in [0, 0.05) is 15.6 Å². The van der Waals surface area contributed by atoms with Crippen molar-refractivity contribution in [2.75, 3.05) is 0 Å². The number of carbonyl (C=O) groups is 1. The number of carbonyl (C=O) groups excluding carboxylic acids is 1. The SMILES string of the molecule is O=Cc1cc(Br)cc(-c2ccccc2OC(F)(F)F)c1.